The maximum atomic E-state index is 12.5. The molecule has 4 nitrogen and oxygen atoms in total. The Bertz CT molecular complexity index is 1060. The minimum absolute atomic E-state index is 0.0450. The van der Waals surface area contributed by atoms with Gasteiger partial charge in [0.2, 0.25) is 5.91 Å². The first kappa shape index (κ1) is 36.0. The van der Waals surface area contributed by atoms with Crippen molar-refractivity contribution in [3.05, 3.63) is 71.8 Å². The summed E-state index contributed by atoms with van der Waals surface area (Å²) in [4.78, 5) is 12.5. The van der Waals surface area contributed by atoms with Crippen molar-refractivity contribution in [3.63, 3.8) is 0 Å². The summed E-state index contributed by atoms with van der Waals surface area (Å²) < 4.78 is 26.2. The van der Waals surface area contributed by atoms with E-state index < -0.39 is 11.6 Å². The van der Waals surface area contributed by atoms with Crippen LogP contribution >= 0.6 is 0 Å². The lowest BCUT2D eigenvalue weighted by Crippen LogP contribution is -2.31. The standard InChI is InChI=1S/C18H25N3O.C7H6F2.C5H12.C3H8/c1-5-6-12-18(2,3)17(22)19-16-13-15(20-21(16)4)14-10-8-7-9-11-14;1-5-2-3-6(8)4-7(5)9;1-3-5-4-2;1-3-2/h7-11,13H,5-6,12H2,1-4H3,(H,19,22);2-4H,1H3;3-5H2,1-2H3;3H2,1-2H3. The molecule has 0 bridgehead atoms. The molecule has 6 heteroatoms. The number of hydrogen-bond acceptors (Lipinski definition) is 2. The molecule has 1 aromatic heterocycles. The minimum Gasteiger partial charge on any atom is -0.310 e. The van der Waals surface area contributed by atoms with Crippen LogP contribution in [0.1, 0.15) is 99.0 Å². The van der Waals surface area contributed by atoms with Crippen molar-refractivity contribution in [2.75, 3.05) is 5.32 Å². The molecule has 0 aliphatic rings. The molecule has 1 heterocycles. The first-order chi connectivity index (χ1) is 18.5. The molecule has 0 spiro atoms. The van der Waals surface area contributed by atoms with Crippen LogP contribution in [0.15, 0.2) is 54.6 Å². The summed E-state index contributed by atoms with van der Waals surface area (Å²) in [6, 6.07) is 15.4. The number of halogens is 2. The normalized spacial score (nSPS) is 10.2. The Morgan fingerprint density at radius 1 is 0.897 bits per heavy atom. The Labute approximate surface area is 236 Å². The fraction of sp³-hybridized carbons (Fsp3) is 0.515. The number of carbonyl (C=O) groups is 1. The summed E-state index contributed by atoms with van der Waals surface area (Å²) in [5.41, 5.74) is 2.01. The highest BCUT2D eigenvalue weighted by atomic mass is 19.1. The zero-order valence-corrected chi connectivity index (χ0v) is 25.7. The van der Waals surface area contributed by atoms with Gasteiger partial charge in [-0.1, -0.05) is 123 Å². The molecule has 0 aliphatic carbocycles. The molecule has 0 atom stereocenters. The van der Waals surface area contributed by atoms with Gasteiger partial charge in [-0.2, -0.15) is 5.10 Å². The number of hydrogen-bond donors (Lipinski definition) is 1. The van der Waals surface area contributed by atoms with Crippen molar-refractivity contribution in [2.45, 2.75) is 100 Å². The third-order valence-electron chi connectivity index (χ3n) is 5.80. The Hall–Kier alpha value is -3.02. The molecular formula is C33H51F2N3O. The van der Waals surface area contributed by atoms with E-state index in [0.29, 0.717) is 5.56 Å². The maximum Gasteiger partial charge on any atom is 0.231 e. The molecule has 0 aliphatic heterocycles. The van der Waals surface area contributed by atoms with E-state index >= 15 is 0 Å². The summed E-state index contributed by atoms with van der Waals surface area (Å²) in [5, 5.41) is 7.49. The van der Waals surface area contributed by atoms with E-state index in [1.54, 1.807) is 11.6 Å². The van der Waals surface area contributed by atoms with Crippen molar-refractivity contribution in [1.82, 2.24) is 9.78 Å². The molecule has 2 aromatic carbocycles. The van der Waals surface area contributed by atoms with E-state index in [-0.39, 0.29) is 11.3 Å². The van der Waals surface area contributed by atoms with E-state index in [9.17, 15) is 13.6 Å². The summed E-state index contributed by atoms with van der Waals surface area (Å²) >= 11 is 0. The van der Waals surface area contributed by atoms with Crippen molar-refractivity contribution < 1.29 is 13.6 Å². The molecule has 0 saturated heterocycles. The summed E-state index contributed by atoms with van der Waals surface area (Å²) in [6.07, 6.45) is 8.37. The molecule has 0 unspecified atom stereocenters. The molecular weight excluding hydrogens is 492 g/mol. The molecule has 3 rings (SSSR count). The lowest BCUT2D eigenvalue weighted by molar-refractivity contribution is -0.124. The van der Waals surface area contributed by atoms with Gasteiger partial charge in [0.05, 0.1) is 5.69 Å². The summed E-state index contributed by atoms with van der Waals surface area (Å²) in [6.45, 7) is 16.4. The number of anilines is 1. The zero-order valence-electron chi connectivity index (χ0n) is 25.7. The zero-order chi connectivity index (χ0) is 29.8. The highest BCUT2D eigenvalue weighted by Gasteiger charge is 2.27. The van der Waals surface area contributed by atoms with Gasteiger partial charge in [-0.15, -0.1) is 0 Å². The van der Waals surface area contributed by atoms with Gasteiger partial charge in [0.15, 0.2) is 0 Å². The fourth-order valence-corrected chi connectivity index (χ4v) is 3.27. The smallest absolute Gasteiger partial charge is 0.231 e. The number of nitrogens with zero attached hydrogens (tertiary/aromatic N) is 2. The topological polar surface area (TPSA) is 46.9 Å². The number of amides is 1. The lowest BCUT2D eigenvalue weighted by Gasteiger charge is -2.23. The van der Waals surface area contributed by atoms with Gasteiger partial charge in [-0.25, -0.2) is 8.78 Å². The Morgan fingerprint density at radius 2 is 1.46 bits per heavy atom. The number of rotatable bonds is 8. The fourth-order valence-electron chi connectivity index (χ4n) is 3.27. The van der Waals surface area contributed by atoms with Gasteiger partial charge in [-0.05, 0) is 25.0 Å². The second-order valence-corrected chi connectivity index (χ2v) is 10.3. The van der Waals surface area contributed by atoms with Crippen LogP contribution in [0.25, 0.3) is 11.3 Å². The monoisotopic (exact) mass is 543 g/mol. The first-order valence-electron chi connectivity index (χ1n) is 14.3. The first-order valence-corrected chi connectivity index (χ1v) is 14.3. The van der Waals surface area contributed by atoms with Crippen LogP contribution in [0.4, 0.5) is 14.6 Å². The van der Waals surface area contributed by atoms with Crippen LogP contribution in [0, 0.1) is 24.0 Å². The Kier molecular flexibility index (Phi) is 18.4. The summed E-state index contributed by atoms with van der Waals surface area (Å²) in [7, 11) is 1.85. The molecule has 0 fully saturated rings. The van der Waals surface area contributed by atoms with Gasteiger partial charge >= 0.3 is 0 Å². The summed E-state index contributed by atoms with van der Waals surface area (Å²) in [5.74, 6) is -0.245. The largest absolute Gasteiger partial charge is 0.310 e. The SMILES string of the molecule is CCC.CCCCC.CCCCC(C)(C)C(=O)Nc1cc(-c2ccccc2)nn1C.Cc1ccc(F)cc1F. The molecule has 0 radical (unpaired) electrons. The second-order valence-electron chi connectivity index (χ2n) is 10.3. The number of benzene rings is 2. The van der Waals surface area contributed by atoms with Gasteiger partial charge in [0.25, 0.3) is 0 Å². The Balaban J connectivity index is 0.000000694. The van der Waals surface area contributed by atoms with Crippen molar-refractivity contribution >= 4 is 11.7 Å². The van der Waals surface area contributed by atoms with E-state index in [0.717, 1.165) is 42.4 Å². The predicted molar refractivity (Wildman–Crippen MR) is 163 cm³/mol. The number of aryl methyl sites for hydroxylation is 2. The third-order valence-corrected chi connectivity index (χ3v) is 5.80. The van der Waals surface area contributed by atoms with Crippen LogP contribution in [0.5, 0.6) is 0 Å². The van der Waals surface area contributed by atoms with E-state index in [4.69, 9.17) is 0 Å². The molecule has 218 valence electrons. The highest BCUT2D eigenvalue weighted by Crippen LogP contribution is 2.27. The number of aromatic nitrogens is 2. The number of unbranched alkanes of at least 4 members (excludes halogenated alkanes) is 3. The van der Waals surface area contributed by atoms with Crippen LogP contribution < -0.4 is 5.32 Å². The molecule has 0 saturated carbocycles. The van der Waals surface area contributed by atoms with Gasteiger partial charge in [0.1, 0.15) is 17.5 Å². The number of nitrogens with one attached hydrogen (secondary N) is 1. The molecule has 3 aromatic rings. The average molecular weight is 544 g/mol. The Morgan fingerprint density at radius 3 is 1.92 bits per heavy atom. The maximum absolute atomic E-state index is 12.5. The van der Waals surface area contributed by atoms with Crippen LogP contribution in [0.3, 0.4) is 0 Å². The quantitative estimate of drug-likeness (QED) is 0.307. The van der Waals surface area contributed by atoms with Crippen LogP contribution in [-0.2, 0) is 11.8 Å². The highest BCUT2D eigenvalue weighted by molar-refractivity contribution is 5.94. The van der Waals surface area contributed by atoms with Gasteiger partial charge in [-0.3, -0.25) is 9.48 Å². The van der Waals surface area contributed by atoms with Crippen molar-refractivity contribution in [2.24, 2.45) is 12.5 Å². The van der Waals surface area contributed by atoms with Crippen LogP contribution in [0.2, 0.25) is 0 Å². The minimum atomic E-state index is -0.530. The van der Waals surface area contributed by atoms with Crippen LogP contribution in [-0.4, -0.2) is 15.7 Å². The van der Waals surface area contributed by atoms with Crippen molar-refractivity contribution in [1.29, 1.82) is 0 Å². The van der Waals surface area contributed by atoms with Crippen molar-refractivity contribution in [3.8, 4) is 11.3 Å². The van der Waals surface area contributed by atoms with Gasteiger partial charge in [0, 0.05) is 30.2 Å². The van der Waals surface area contributed by atoms with E-state index in [1.807, 2.05) is 57.3 Å². The number of carbonyl (C=O) groups excluding carboxylic acids is 1. The van der Waals surface area contributed by atoms with E-state index in [1.165, 1.54) is 37.8 Å². The van der Waals surface area contributed by atoms with Gasteiger partial charge < -0.3 is 5.32 Å². The predicted octanol–water partition coefficient (Wildman–Crippen LogP) is 10.1. The molecule has 39 heavy (non-hydrogen) atoms. The second kappa shape index (κ2) is 20.0. The molecule has 1 N–H and O–H groups in total. The van der Waals surface area contributed by atoms with E-state index in [2.05, 4.69) is 45.0 Å². The molecule has 1 amide bonds. The lowest BCUT2D eigenvalue weighted by atomic mass is 9.86. The average Bonchev–Trinajstić information content (AvgIpc) is 3.27. The third kappa shape index (κ3) is 14.6.